The first-order valence-corrected chi connectivity index (χ1v) is 5.31. The predicted octanol–water partition coefficient (Wildman–Crippen LogP) is 2.12. The van der Waals surface area contributed by atoms with E-state index in [0.717, 1.165) is 5.57 Å². The van der Waals surface area contributed by atoms with Crippen LogP contribution < -0.4 is 0 Å². The number of hydrogen-bond donors (Lipinski definition) is 1. The van der Waals surface area contributed by atoms with Crippen LogP contribution in [0.25, 0.3) is 0 Å². The summed E-state index contributed by atoms with van der Waals surface area (Å²) in [4.78, 5) is 22.7. The smallest absolute Gasteiger partial charge is 0.306 e. The molecule has 0 bridgehead atoms. The summed E-state index contributed by atoms with van der Waals surface area (Å²) in [6, 6.07) is 0. The van der Waals surface area contributed by atoms with Crippen molar-refractivity contribution < 1.29 is 14.7 Å². The molecule has 0 saturated carbocycles. The Kier molecular flexibility index (Phi) is 3.32. The van der Waals surface area contributed by atoms with E-state index in [-0.39, 0.29) is 23.5 Å². The number of ketones is 1. The van der Waals surface area contributed by atoms with E-state index in [1.807, 2.05) is 19.9 Å². The van der Waals surface area contributed by atoms with Gasteiger partial charge in [-0.1, -0.05) is 26.8 Å². The maximum absolute atomic E-state index is 11.7. The highest BCUT2D eigenvalue weighted by Gasteiger charge is 2.38. The lowest BCUT2D eigenvalue weighted by atomic mass is 9.69. The van der Waals surface area contributed by atoms with Crippen molar-refractivity contribution in [2.24, 2.45) is 23.7 Å². The molecular formula is C12H18O3. The van der Waals surface area contributed by atoms with Crippen LogP contribution in [0.4, 0.5) is 0 Å². The van der Waals surface area contributed by atoms with E-state index in [9.17, 15) is 9.59 Å². The molecule has 1 N–H and O–H groups in total. The second-order valence-corrected chi connectivity index (χ2v) is 4.57. The first-order chi connectivity index (χ1) is 6.86. The van der Waals surface area contributed by atoms with Gasteiger partial charge < -0.3 is 5.11 Å². The standard InChI is InChI=1S/C12H18O3/c1-6-5-7(2)11(13)8(3)10(6)9(4)12(14)15/h5-6,8-10H,1-4H3,(H,14,15). The average molecular weight is 210 g/mol. The van der Waals surface area contributed by atoms with E-state index >= 15 is 0 Å². The van der Waals surface area contributed by atoms with E-state index in [4.69, 9.17) is 5.11 Å². The minimum atomic E-state index is -0.820. The van der Waals surface area contributed by atoms with Crippen LogP contribution in [-0.4, -0.2) is 16.9 Å². The highest BCUT2D eigenvalue weighted by atomic mass is 16.4. The highest BCUT2D eigenvalue weighted by Crippen LogP contribution is 2.36. The lowest BCUT2D eigenvalue weighted by Gasteiger charge is -2.34. The molecule has 0 aliphatic heterocycles. The van der Waals surface area contributed by atoms with E-state index < -0.39 is 11.9 Å². The summed E-state index contributed by atoms with van der Waals surface area (Å²) >= 11 is 0. The largest absolute Gasteiger partial charge is 0.481 e. The molecule has 1 aliphatic rings. The van der Waals surface area contributed by atoms with E-state index in [0.29, 0.717) is 0 Å². The maximum Gasteiger partial charge on any atom is 0.306 e. The predicted molar refractivity (Wildman–Crippen MR) is 57.4 cm³/mol. The molecule has 0 spiro atoms. The topological polar surface area (TPSA) is 54.4 Å². The number of carboxylic acid groups (broad SMARTS) is 1. The average Bonchev–Trinajstić information content (AvgIpc) is 2.14. The first kappa shape index (κ1) is 12.0. The molecule has 0 aromatic carbocycles. The third kappa shape index (κ3) is 2.11. The molecule has 3 nitrogen and oxygen atoms in total. The molecule has 1 rings (SSSR count). The molecule has 84 valence electrons. The van der Waals surface area contributed by atoms with Crippen LogP contribution in [0.2, 0.25) is 0 Å². The van der Waals surface area contributed by atoms with Crippen molar-refractivity contribution in [3.63, 3.8) is 0 Å². The Balaban J connectivity index is 3.00. The number of Topliss-reactive ketones (excluding diaryl/α,β-unsaturated/α-hetero) is 1. The van der Waals surface area contributed by atoms with Crippen molar-refractivity contribution in [2.45, 2.75) is 27.7 Å². The van der Waals surface area contributed by atoms with Gasteiger partial charge in [0.25, 0.3) is 0 Å². The van der Waals surface area contributed by atoms with Crippen LogP contribution in [0.3, 0.4) is 0 Å². The summed E-state index contributed by atoms with van der Waals surface area (Å²) in [7, 11) is 0. The molecule has 0 fully saturated rings. The van der Waals surface area contributed by atoms with Gasteiger partial charge in [-0.15, -0.1) is 0 Å². The Labute approximate surface area is 90.2 Å². The van der Waals surface area contributed by atoms with Gasteiger partial charge in [-0.25, -0.2) is 0 Å². The van der Waals surface area contributed by atoms with Crippen molar-refractivity contribution in [2.75, 3.05) is 0 Å². The van der Waals surface area contributed by atoms with Crippen molar-refractivity contribution in [3.05, 3.63) is 11.6 Å². The SMILES string of the molecule is CC1=CC(C)C(C(C)C(=O)O)C(C)C1=O. The molecule has 0 heterocycles. The number of carbonyl (C=O) groups is 2. The Morgan fingerprint density at radius 2 is 2.00 bits per heavy atom. The third-order valence-corrected chi connectivity index (χ3v) is 3.47. The fourth-order valence-electron chi connectivity index (χ4n) is 2.63. The Morgan fingerprint density at radius 3 is 2.47 bits per heavy atom. The van der Waals surface area contributed by atoms with Gasteiger partial charge in [0.1, 0.15) is 0 Å². The number of hydrogen-bond acceptors (Lipinski definition) is 2. The number of allylic oxidation sites excluding steroid dienone is 2. The number of carbonyl (C=O) groups excluding carboxylic acids is 1. The van der Waals surface area contributed by atoms with Crippen LogP contribution in [0.5, 0.6) is 0 Å². The Morgan fingerprint density at radius 1 is 1.47 bits per heavy atom. The summed E-state index contributed by atoms with van der Waals surface area (Å²) in [6.45, 7) is 7.30. The summed E-state index contributed by atoms with van der Waals surface area (Å²) in [5.74, 6) is -1.31. The number of carboxylic acids is 1. The van der Waals surface area contributed by atoms with Gasteiger partial charge in [0.05, 0.1) is 5.92 Å². The molecule has 0 amide bonds. The van der Waals surface area contributed by atoms with Crippen molar-refractivity contribution >= 4 is 11.8 Å². The molecule has 0 aromatic heterocycles. The monoisotopic (exact) mass is 210 g/mol. The molecule has 4 unspecified atom stereocenters. The summed E-state index contributed by atoms with van der Waals surface area (Å²) < 4.78 is 0. The van der Waals surface area contributed by atoms with Crippen LogP contribution in [0.15, 0.2) is 11.6 Å². The van der Waals surface area contributed by atoms with Gasteiger partial charge in [-0.2, -0.15) is 0 Å². The maximum atomic E-state index is 11.7. The van der Waals surface area contributed by atoms with Gasteiger partial charge in [-0.05, 0) is 24.3 Å². The number of aliphatic carboxylic acids is 1. The van der Waals surface area contributed by atoms with Gasteiger partial charge >= 0.3 is 5.97 Å². The zero-order chi connectivity index (χ0) is 11.7. The molecule has 0 aromatic rings. The molecule has 0 saturated heterocycles. The zero-order valence-corrected chi connectivity index (χ0v) is 9.65. The third-order valence-electron chi connectivity index (χ3n) is 3.47. The summed E-state index contributed by atoms with van der Waals surface area (Å²) in [5.41, 5.74) is 0.767. The second kappa shape index (κ2) is 4.17. The minimum absolute atomic E-state index is 0.0845. The zero-order valence-electron chi connectivity index (χ0n) is 9.65. The van der Waals surface area contributed by atoms with E-state index in [1.165, 1.54) is 0 Å². The molecule has 4 atom stereocenters. The molecule has 0 radical (unpaired) electrons. The van der Waals surface area contributed by atoms with Gasteiger partial charge in [0.2, 0.25) is 0 Å². The normalized spacial score (nSPS) is 33.5. The minimum Gasteiger partial charge on any atom is -0.481 e. The Hall–Kier alpha value is -1.12. The van der Waals surface area contributed by atoms with Crippen molar-refractivity contribution in [1.82, 2.24) is 0 Å². The summed E-state index contributed by atoms with van der Waals surface area (Å²) in [6.07, 6.45) is 1.90. The van der Waals surface area contributed by atoms with E-state index in [1.54, 1.807) is 13.8 Å². The molecule has 15 heavy (non-hydrogen) atoms. The van der Waals surface area contributed by atoms with Crippen LogP contribution in [0.1, 0.15) is 27.7 Å². The fourth-order valence-corrected chi connectivity index (χ4v) is 2.63. The van der Waals surface area contributed by atoms with E-state index in [2.05, 4.69) is 0 Å². The van der Waals surface area contributed by atoms with Crippen LogP contribution in [0, 0.1) is 23.7 Å². The van der Waals surface area contributed by atoms with Gasteiger partial charge in [0, 0.05) is 5.92 Å². The van der Waals surface area contributed by atoms with Crippen LogP contribution in [-0.2, 0) is 9.59 Å². The quantitative estimate of drug-likeness (QED) is 0.759. The first-order valence-electron chi connectivity index (χ1n) is 5.31. The highest BCUT2D eigenvalue weighted by molar-refractivity contribution is 5.97. The summed E-state index contributed by atoms with van der Waals surface area (Å²) in [5, 5.41) is 8.99. The second-order valence-electron chi connectivity index (χ2n) is 4.57. The molecule has 1 aliphatic carbocycles. The van der Waals surface area contributed by atoms with Gasteiger partial charge in [0.15, 0.2) is 5.78 Å². The molecule has 3 heteroatoms. The fraction of sp³-hybridized carbons (Fsp3) is 0.667. The van der Waals surface area contributed by atoms with Gasteiger partial charge in [-0.3, -0.25) is 9.59 Å². The lowest BCUT2D eigenvalue weighted by molar-refractivity contribution is -0.145. The van der Waals surface area contributed by atoms with Crippen molar-refractivity contribution in [1.29, 1.82) is 0 Å². The molecular weight excluding hydrogens is 192 g/mol. The Bertz CT molecular complexity index is 317. The lowest BCUT2D eigenvalue weighted by Crippen LogP contribution is -2.37. The number of rotatable bonds is 2. The van der Waals surface area contributed by atoms with Crippen LogP contribution >= 0.6 is 0 Å². The van der Waals surface area contributed by atoms with Crippen molar-refractivity contribution in [3.8, 4) is 0 Å².